The van der Waals surface area contributed by atoms with Gasteiger partial charge in [-0.3, -0.25) is 0 Å². The maximum absolute atomic E-state index is 13.8. The number of halogens is 4. The Hall–Kier alpha value is -1.43. The van der Waals surface area contributed by atoms with Crippen LogP contribution < -0.4 is 0 Å². The fraction of sp³-hybridized carbons (Fsp3) is 0. The number of hydrogen-bond acceptors (Lipinski definition) is 2. The molecule has 3 rings (SSSR count). The van der Waals surface area contributed by atoms with Crippen LogP contribution in [-0.4, -0.2) is 14.8 Å². The summed E-state index contributed by atoms with van der Waals surface area (Å²) in [4.78, 5) is 3.90. The van der Waals surface area contributed by atoms with Crippen molar-refractivity contribution in [2.24, 2.45) is 0 Å². The van der Waals surface area contributed by atoms with Gasteiger partial charge in [-0.15, -0.1) is 0 Å². The van der Waals surface area contributed by atoms with Gasteiger partial charge in [0.25, 0.3) is 0 Å². The first-order chi connectivity index (χ1) is 10.0. The van der Waals surface area contributed by atoms with Gasteiger partial charge in [0, 0.05) is 6.20 Å². The molecule has 0 fully saturated rings. The van der Waals surface area contributed by atoms with Crippen LogP contribution in [0.5, 0.6) is 0 Å². The highest BCUT2D eigenvalue weighted by Crippen LogP contribution is 2.32. The second kappa shape index (κ2) is 5.40. The molecule has 3 aromatic rings. The second-order valence-electron chi connectivity index (χ2n) is 4.27. The summed E-state index contributed by atoms with van der Waals surface area (Å²) in [5.74, 6) is -0.512. The molecule has 7 heteroatoms. The van der Waals surface area contributed by atoms with Crippen molar-refractivity contribution in [3.05, 3.63) is 57.1 Å². The van der Waals surface area contributed by atoms with Crippen LogP contribution in [0.1, 0.15) is 5.56 Å². The molecule has 0 aliphatic heterocycles. The highest BCUT2D eigenvalue weighted by molar-refractivity contribution is 9.10. The molecule has 2 aromatic heterocycles. The summed E-state index contributed by atoms with van der Waals surface area (Å²) in [7, 11) is 0. The van der Waals surface area contributed by atoms with Gasteiger partial charge in [0.15, 0.2) is 5.82 Å². The lowest BCUT2D eigenvalue weighted by molar-refractivity contribution is 0.628. The lowest BCUT2D eigenvalue weighted by atomic mass is 10.2. The predicted molar refractivity (Wildman–Crippen MR) is 86.6 cm³/mol. The van der Waals surface area contributed by atoms with Gasteiger partial charge in [-0.25, -0.2) is 14.1 Å². The molecule has 0 unspecified atom stereocenters. The van der Waals surface area contributed by atoms with Crippen LogP contribution >= 0.6 is 39.1 Å². The van der Waals surface area contributed by atoms with Crippen molar-refractivity contribution in [3.63, 3.8) is 0 Å². The minimum Gasteiger partial charge on any atom is -0.245 e. The lowest BCUT2D eigenvalue weighted by Gasteiger charge is -2.08. The molecule has 0 radical (unpaired) electrons. The van der Waals surface area contributed by atoms with Crippen molar-refractivity contribution in [2.45, 2.75) is 0 Å². The molecule has 2 heterocycles. The van der Waals surface area contributed by atoms with E-state index in [1.165, 1.54) is 4.68 Å². The van der Waals surface area contributed by atoms with Crippen molar-refractivity contribution in [3.8, 4) is 5.69 Å². The van der Waals surface area contributed by atoms with Gasteiger partial charge in [0.2, 0.25) is 0 Å². The molecule has 0 aliphatic rings. The molecule has 0 N–H and O–H groups in total. The van der Waals surface area contributed by atoms with E-state index in [0.717, 1.165) is 11.8 Å². The summed E-state index contributed by atoms with van der Waals surface area (Å²) >= 11 is 15.7. The van der Waals surface area contributed by atoms with Crippen LogP contribution in [0.15, 0.2) is 35.7 Å². The standard InChI is InChI=1S/C14H7BrCl2FN3/c1-2-7-3-9(16)13(10(17)4-7)21-6-8-12(20-21)11(18)5-19-14(8)15/h2-6H,1H2. The topological polar surface area (TPSA) is 30.7 Å². The molecule has 0 bridgehead atoms. The Bertz CT molecular complexity index is 814. The Kier molecular flexibility index (Phi) is 3.73. The quantitative estimate of drug-likeness (QED) is 0.561. The molecular formula is C14H7BrCl2FN3. The van der Waals surface area contributed by atoms with E-state index < -0.39 is 5.82 Å². The summed E-state index contributed by atoms with van der Waals surface area (Å²) < 4.78 is 15.7. The van der Waals surface area contributed by atoms with E-state index in [2.05, 4.69) is 32.6 Å². The lowest BCUT2D eigenvalue weighted by Crippen LogP contribution is -1.97. The van der Waals surface area contributed by atoms with E-state index in [0.29, 0.717) is 25.7 Å². The van der Waals surface area contributed by atoms with Crippen LogP contribution in [0.25, 0.3) is 22.7 Å². The number of hydrogen-bond donors (Lipinski definition) is 0. The molecule has 0 saturated carbocycles. The molecule has 0 spiro atoms. The minimum atomic E-state index is -0.512. The van der Waals surface area contributed by atoms with E-state index in [-0.39, 0.29) is 5.52 Å². The average Bonchev–Trinajstić information content (AvgIpc) is 2.88. The van der Waals surface area contributed by atoms with Crippen molar-refractivity contribution >= 4 is 56.1 Å². The van der Waals surface area contributed by atoms with Gasteiger partial charge in [0.1, 0.15) is 15.8 Å². The van der Waals surface area contributed by atoms with Crippen molar-refractivity contribution in [1.29, 1.82) is 0 Å². The largest absolute Gasteiger partial charge is 0.245 e. The fourth-order valence-corrected chi connectivity index (χ4v) is 3.05. The molecule has 3 nitrogen and oxygen atoms in total. The third-order valence-electron chi connectivity index (χ3n) is 2.96. The Morgan fingerprint density at radius 3 is 2.52 bits per heavy atom. The first-order valence-electron chi connectivity index (χ1n) is 5.82. The number of fused-ring (bicyclic) bond motifs is 1. The summed E-state index contributed by atoms with van der Waals surface area (Å²) in [5, 5.41) is 5.53. The maximum Gasteiger partial charge on any atom is 0.169 e. The molecule has 106 valence electrons. The third kappa shape index (κ3) is 2.46. The molecule has 21 heavy (non-hydrogen) atoms. The smallest absolute Gasteiger partial charge is 0.169 e. The van der Waals surface area contributed by atoms with Gasteiger partial charge in [-0.2, -0.15) is 5.10 Å². The van der Waals surface area contributed by atoms with E-state index >= 15 is 0 Å². The number of pyridine rings is 1. The highest BCUT2D eigenvalue weighted by Gasteiger charge is 2.15. The van der Waals surface area contributed by atoms with Crippen LogP contribution in [0.2, 0.25) is 10.0 Å². The first kappa shape index (κ1) is 14.5. The van der Waals surface area contributed by atoms with Crippen LogP contribution in [-0.2, 0) is 0 Å². The van der Waals surface area contributed by atoms with E-state index in [1.54, 1.807) is 24.4 Å². The SMILES string of the molecule is C=Cc1cc(Cl)c(-n2cc3c(Br)ncc(F)c3n2)c(Cl)c1. The molecular weight excluding hydrogens is 380 g/mol. The number of nitrogens with zero attached hydrogens (tertiary/aromatic N) is 3. The van der Waals surface area contributed by atoms with E-state index in [1.807, 2.05) is 0 Å². The fourth-order valence-electron chi connectivity index (χ4n) is 1.98. The Labute approximate surface area is 138 Å². The van der Waals surface area contributed by atoms with Crippen LogP contribution in [0.4, 0.5) is 4.39 Å². The molecule has 0 aliphatic carbocycles. The monoisotopic (exact) mass is 385 g/mol. The zero-order valence-electron chi connectivity index (χ0n) is 10.4. The number of rotatable bonds is 2. The highest BCUT2D eigenvalue weighted by atomic mass is 79.9. The third-order valence-corrected chi connectivity index (χ3v) is 4.17. The maximum atomic E-state index is 13.8. The van der Waals surface area contributed by atoms with Gasteiger partial charge in [-0.05, 0) is 33.6 Å². The van der Waals surface area contributed by atoms with Crippen LogP contribution in [0, 0.1) is 5.82 Å². The molecule has 0 atom stereocenters. The molecule has 0 amide bonds. The zero-order chi connectivity index (χ0) is 15.1. The summed E-state index contributed by atoms with van der Waals surface area (Å²) in [5.41, 5.74) is 1.46. The molecule has 0 saturated heterocycles. The van der Waals surface area contributed by atoms with Crippen LogP contribution in [0.3, 0.4) is 0 Å². The molecule has 1 aromatic carbocycles. The Morgan fingerprint density at radius 2 is 1.95 bits per heavy atom. The Morgan fingerprint density at radius 1 is 1.29 bits per heavy atom. The Balaban J connectivity index is 2.29. The normalized spacial score (nSPS) is 11.0. The second-order valence-corrected chi connectivity index (χ2v) is 5.84. The zero-order valence-corrected chi connectivity index (χ0v) is 13.5. The first-order valence-corrected chi connectivity index (χ1v) is 7.37. The van der Waals surface area contributed by atoms with Gasteiger partial charge < -0.3 is 0 Å². The van der Waals surface area contributed by atoms with Crippen molar-refractivity contribution < 1.29 is 4.39 Å². The number of aromatic nitrogens is 3. The van der Waals surface area contributed by atoms with Crippen molar-refractivity contribution in [1.82, 2.24) is 14.8 Å². The van der Waals surface area contributed by atoms with Gasteiger partial charge in [0.05, 0.1) is 21.6 Å². The summed E-state index contributed by atoms with van der Waals surface area (Å²) in [6.07, 6.45) is 4.37. The average molecular weight is 387 g/mol. The summed E-state index contributed by atoms with van der Waals surface area (Å²) in [6, 6.07) is 3.43. The minimum absolute atomic E-state index is 0.191. The van der Waals surface area contributed by atoms with Gasteiger partial charge >= 0.3 is 0 Å². The van der Waals surface area contributed by atoms with E-state index in [9.17, 15) is 4.39 Å². The van der Waals surface area contributed by atoms with Gasteiger partial charge in [-0.1, -0.05) is 35.9 Å². The van der Waals surface area contributed by atoms with Crippen molar-refractivity contribution in [2.75, 3.05) is 0 Å². The summed E-state index contributed by atoms with van der Waals surface area (Å²) in [6.45, 7) is 3.67. The predicted octanol–water partition coefficient (Wildman–Crippen LogP) is 5.27. The number of benzene rings is 1. The van der Waals surface area contributed by atoms with E-state index in [4.69, 9.17) is 23.2 Å².